The van der Waals surface area contributed by atoms with Crippen molar-refractivity contribution in [2.24, 2.45) is 0 Å². The molecule has 1 N–H and O–H groups in total. The fourth-order valence-corrected chi connectivity index (χ4v) is 3.37. The molecule has 0 atom stereocenters. The lowest BCUT2D eigenvalue weighted by Gasteiger charge is -2.34. The van der Waals surface area contributed by atoms with Crippen LogP contribution in [0.1, 0.15) is 39.8 Å². The van der Waals surface area contributed by atoms with Crippen LogP contribution in [0.5, 0.6) is 0 Å². The van der Waals surface area contributed by atoms with E-state index in [0.29, 0.717) is 12.1 Å². The van der Waals surface area contributed by atoms with Gasteiger partial charge in [0, 0.05) is 44.5 Å². The van der Waals surface area contributed by atoms with Gasteiger partial charge in [0.2, 0.25) is 0 Å². The predicted molar refractivity (Wildman–Crippen MR) is 109 cm³/mol. The van der Waals surface area contributed by atoms with Crippen molar-refractivity contribution >= 4 is 11.8 Å². The normalized spacial score (nSPS) is 14.7. The summed E-state index contributed by atoms with van der Waals surface area (Å²) >= 11 is 0. The average Bonchev–Trinajstić information content (AvgIpc) is 2.77. The van der Waals surface area contributed by atoms with Gasteiger partial charge in [0.1, 0.15) is 5.69 Å². The Hall–Kier alpha value is -2.73. The Balaban J connectivity index is 1.50. The Kier molecular flexibility index (Phi) is 7.14. The van der Waals surface area contributed by atoms with Gasteiger partial charge in [-0.2, -0.15) is 0 Å². The molecule has 2 aromatic rings. The summed E-state index contributed by atoms with van der Waals surface area (Å²) in [5.41, 5.74) is 2.07. The van der Waals surface area contributed by atoms with Gasteiger partial charge in [-0.15, -0.1) is 0 Å². The first-order valence-corrected chi connectivity index (χ1v) is 9.97. The summed E-state index contributed by atoms with van der Waals surface area (Å²) in [6, 6.07) is 13.5. The number of benzene rings is 1. The molecule has 28 heavy (non-hydrogen) atoms. The van der Waals surface area contributed by atoms with E-state index in [1.54, 1.807) is 12.1 Å². The Morgan fingerprint density at radius 1 is 1.07 bits per heavy atom. The highest BCUT2D eigenvalue weighted by molar-refractivity contribution is 5.98. The van der Waals surface area contributed by atoms with E-state index in [4.69, 9.17) is 0 Å². The summed E-state index contributed by atoms with van der Waals surface area (Å²) in [5, 5.41) is 2.90. The van der Waals surface area contributed by atoms with Gasteiger partial charge in [0.05, 0.1) is 0 Å². The lowest BCUT2D eigenvalue weighted by atomic mass is 10.1. The van der Waals surface area contributed by atoms with Crippen LogP contribution >= 0.6 is 0 Å². The Morgan fingerprint density at radius 2 is 1.82 bits per heavy atom. The number of amides is 2. The molecule has 0 bridgehead atoms. The van der Waals surface area contributed by atoms with Crippen LogP contribution in [0.3, 0.4) is 0 Å². The molecule has 1 aliphatic heterocycles. The van der Waals surface area contributed by atoms with E-state index < -0.39 is 0 Å². The predicted octanol–water partition coefficient (Wildman–Crippen LogP) is 2.22. The van der Waals surface area contributed by atoms with Crippen LogP contribution in [0.25, 0.3) is 0 Å². The molecule has 0 aliphatic carbocycles. The Bertz CT molecular complexity index is 786. The van der Waals surface area contributed by atoms with Crippen molar-refractivity contribution in [1.29, 1.82) is 0 Å². The zero-order chi connectivity index (χ0) is 19.8. The number of rotatable bonds is 7. The lowest BCUT2D eigenvalue weighted by molar-refractivity contribution is 0.0643. The molecule has 3 rings (SSSR count). The van der Waals surface area contributed by atoms with Crippen LogP contribution < -0.4 is 5.32 Å². The van der Waals surface area contributed by atoms with Crippen molar-refractivity contribution in [3.05, 3.63) is 65.5 Å². The Morgan fingerprint density at radius 3 is 2.54 bits per heavy atom. The molecule has 2 amide bonds. The van der Waals surface area contributed by atoms with Crippen molar-refractivity contribution in [3.8, 4) is 0 Å². The fraction of sp³-hybridized carbons (Fsp3) is 0.409. The van der Waals surface area contributed by atoms with E-state index >= 15 is 0 Å². The molecule has 148 valence electrons. The van der Waals surface area contributed by atoms with E-state index in [2.05, 4.69) is 34.3 Å². The van der Waals surface area contributed by atoms with Gasteiger partial charge in [-0.3, -0.25) is 14.6 Å². The van der Waals surface area contributed by atoms with Gasteiger partial charge in [0.15, 0.2) is 0 Å². The highest BCUT2D eigenvalue weighted by atomic mass is 16.2. The fourth-order valence-electron chi connectivity index (χ4n) is 3.37. The minimum absolute atomic E-state index is 0.0312. The maximum absolute atomic E-state index is 12.7. The number of hydrogen-bond acceptors (Lipinski definition) is 4. The third kappa shape index (κ3) is 5.39. The van der Waals surface area contributed by atoms with Crippen molar-refractivity contribution in [1.82, 2.24) is 20.1 Å². The topological polar surface area (TPSA) is 65.5 Å². The quantitative estimate of drug-likeness (QED) is 0.748. The van der Waals surface area contributed by atoms with Crippen molar-refractivity contribution in [2.45, 2.75) is 19.8 Å². The van der Waals surface area contributed by atoms with Gasteiger partial charge in [-0.1, -0.05) is 37.3 Å². The molecule has 6 heteroatoms. The maximum atomic E-state index is 12.7. The Labute approximate surface area is 166 Å². The van der Waals surface area contributed by atoms with E-state index in [1.165, 1.54) is 11.8 Å². The first kappa shape index (κ1) is 20.0. The SMILES string of the molecule is CCN1CCN(C(=O)c2ccnc(C(=O)NCCCc3ccccc3)c2)CC1. The second-order valence-electron chi connectivity index (χ2n) is 7.00. The number of pyridine rings is 1. The maximum Gasteiger partial charge on any atom is 0.269 e. The number of aromatic nitrogens is 1. The second-order valence-corrected chi connectivity index (χ2v) is 7.00. The molecule has 2 heterocycles. The summed E-state index contributed by atoms with van der Waals surface area (Å²) in [6.07, 6.45) is 3.31. The summed E-state index contributed by atoms with van der Waals surface area (Å²) in [6.45, 7) is 6.93. The summed E-state index contributed by atoms with van der Waals surface area (Å²) < 4.78 is 0. The number of piperazine rings is 1. The zero-order valence-electron chi connectivity index (χ0n) is 16.4. The number of nitrogens with one attached hydrogen (secondary N) is 1. The first-order chi connectivity index (χ1) is 13.7. The number of carbonyl (C=O) groups is 2. The molecule has 6 nitrogen and oxygen atoms in total. The molecule has 1 aliphatic rings. The number of nitrogens with zero attached hydrogens (tertiary/aromatic N) is 3. The molecule has 1 saturated heterocycles. The third-order valence-corrected chi connectivity index (χ3v) is 5.12. The molecule has 1 aromatic heterocycles. The van der Waals surface area contributed by atoms with Crippen LogP contribution in [0.15, 0.2) is 48.7 Å². The van der Waals surface area contributed by atoms with Gasteiger partial charge in [-0.25, -0.2) is 0 Å². The van der Waals surface area contributed by atoms with Crippen molar-refractivity contribution < 1.29 is 9.59 Å². The smallest absolute Gasteiger partial charge is 0.269 e. The number of likely N-dealkylation sites (N-methyl/N-ethyl adjacent to an activating group) is 1. The molecule has 1 fully saturated rings. The highest BCUT2D eigenvalue weighted by Gasteiger charge is 2.22. The van der Waals surface area contributed by atoms with E-state index in [9.17, 15) is 9.59 Å². The largest absolute Gasteiger partial charge is 0.351 e. The number of aryl methyl sites for hydroxylation is 1. The van der Waals surface area contributed by atoms with Crippen molar-refractivity contribution in [2.75, 3.05) is 39.3 Å². The molecular formula is C22H28N4O2. The first-order valence-electron chi connectivity index (χ1n) is 9.97. The van der Waals surface area contributed by atoms with Gasteiger partial charge < -0.3 is 15.1 Å². The van der Waals surface area contributed by atoms with Crippen LogP contribution in [0.4, 0.5) is 0 Å². The van der Waals surface area contributed by atoms with E-state index in [1.807, 2.05) is 23.1 Å². The van der Waals surface area contributed by atoms with Crippen molar-refractivity contribution in [3.63, 3.8) is 0 Å². The zero-order valence-corrected chi connectivity index (χ0v) is 16.4. The average molecular weight is 380 g/mol. The molecule has 1 aromatic carbocycles. The lowest BCUT2D eigenvalue weighted by Crippen LogP contribution is -2.48. The number of carbonyl (C=O) groups excluding carboxylic acids is 2. The number of hydrogen-bond donors (Lipinski definition) is 1. The van der Waals surface area contributed by atoms with Gasteiger partial charge in [0.25, 0.3) is 11.8 Å². The summed E-state index contributed by atoms with van der Waals surface area (Å²) in [5.74, 6) is -0.269. The van der Waals surface area contributed by atoms with Crippen LogP contribution in [0.2, 0.25) is 0 Å². The van der Waals surface area contributed by atoms with E-state index in [0.717, 1.165) is 45.6 Å². The minimum atomic E-state index is -0.237. The van der Waals surface area contributed by atoms with Crippen LogP contribution in [-0.4, -0.2) is 65.9 Å². The molecular weight excluding hydrogens is 352 g/mol. The monoisotopic (exact) mass is 380 g/mol. The summed E-state index contributed by atoms with van der Waals surface area (Å²) in [4.78, 5) is 33.4. The third-order valence-electron chi connectivity index (χ3n) is 5.12. The summed E-state index contributed by atoms with van der Waals surface area (Å²) in [7, 11) is 0. The molecule has 0 spiro atoms. The molecule has 0 radical (unpaired) electrons. The highest BCUT2D eigenvalue weighted by Crippen LogP contribution is 2.10. The van der Waals surface area contributed by atoms with Gasteiger partial charge in [-0.05, 0) is 37.1 Å². The standard InChI is InChI=1S/C22H28N4O2/c1-2-25-13-15-26(16-14-25)22(28)19-10-12-23-20(17-19)21(27)24-11-6-9-18-7-4-3-5-8-18/h3-5,7-8,10,12,17H,2,6,9,11,13-16H2,1H3,(H,24,27). The van der Waals surface area contributed by atoms with Crippen LogP contribution in [-0.2, 0) is 6.42 Å². The minimum Gasteiger partial charge on any atom is -0.351 e. The van der Waals surface area contributed by atoms with Gasteiger partial charge >= 0.3 is 0 Å². The van der Waals surface area contributed by atoms with Crippen LogP contribution in [0, 0.1) is 0 Å². The van der Waals surface area contributed by atoms with E-state index in [-0.39, 0.29) is 17.5 Å². The second kappa shape index (κ2) is 9.99. The molecule has 0 saturated carbocycles. The molecule has 0 unspecified atom stereocenters.